The molecule has 1 atom stereocenters. The molecule has 1 heterocycles. The number of ether oxygens (including phenoxy) is 1. The van der Waals surface area contributed by atoms with Gasteiger partial charge in [0, 0.05) is 0 Å². The van der Waals surface area contributed by atoms with Crippen LogP contribution in [0.2, 0.25) is 0 Å². The van der Waals surface area contributed by atoms with Crippen LogP contribution in [0.5, 0.6) is 5.75 Å². The molecule has 0 saturated carbocycles. The lowest BCUT2D eigenvalue weighted by Gasteiger charge is -2.31. The van der Waals surface area contributed by atoms with Gasteiger partial charge in [0.15, 0.2) is 0 Å². The molecule has 4 heteroatoms. The molecule has 1 aliphatic rings. The lowest BCUT2D eigenvalue weighted by atomic mass is 9.89. The highest BCUT2D eigenvalue weighted by atomic mass is 16.5. The molecule has 2 aromatic carbocycles. The maximum atomic E-state index is 12.9. The van der Waals surface area contributed by atoms with Gasteiger partial charge in [-0.05, 0) is 54.7 Å². The first-order valence-electron chi connectivity index (χ1n) is 8.48. The maximum Gasteiger partial charge on any atom is 0.262 e. The predicted molar refractivity (Wildman–Crippen MR) is 97.0 cm³/mol. The molecule has 2 amide bonds. The number of imide groups is 1. The first-order valence-corrected chi connectivity index (χ1v) is 8.48. The van der Waals surface area contributed by atoms with Gasteiger partial charge in [0.05, 0.1) is 24.3 Å². The van der Waals surface area contributed by atoms with Crippen molar-refractivity contribution < 1.29 is 14.3 Å². The van der Waals surface area contributed by atoms with Crippen molar-refractivity contribution in [2.75, 3.05) is 7.11 Å². The van der Waals surface area contributed by atoms with Crippen LogP contribution < -0.4 is 4.74 Å². The molecule has 3 rings (SSSR count). The van der Waals surface area contributed by atoms with E-state index in [2.05, 4.69) is 0 Å². The normalized spacial score (nSPS) is 14.9. The van der Waals surface area contributed by atoms with Crippen molar-refractivity contribution in [3.63, 3.8) is 0 Å². The second-order valence-electron chi connectivity index (χ2n) is 6.89. The Morgan fingerprint density at radius 2 is 1.48 bits per heavy atom. The van der Waals surface area contributed by atoms with Gasteiger partial charge in [-0.25, -0.2) is 0 Å². The van der Waals surface area contributed by atoms with E-state index in [1.165, 1.54) is 4.90 Å². The SMILES string of the molecule is COc1cc(C)c(C(C(C)C)N2C(=O)c3ccccc3C2=O)cc1C. The lowest BCUT2D eigenvalue weighted by molar-refractivity contribution is 0.0538. The van der Waals surface area contributed by atoms with Crippen LogP contribution in [0.3, 0.4) is 0 Å². The number of carbonyl (C=O) groups is 2. The third kappa shape index (κ3) is 2.72. The number of amides is 2. The van der Waals surface area contributed by atoms with Crippen molar-refractivity contribution in [2.24, 2.45) is 5.92 Å². The summed E-state index contributed by atoms with van der Waals surface area (Å²) in [5, 5.41) is 0. The molecule has 1 aliphatic heterocycles. The molecule has 0 aliphatic carbocycles. The zero-order valence-electron chi connectivity index (χ0n) is 15.3. The van der Waals surface area contributed by atoms with Crippen LogP contribution in [0.1, 0.15) is 57.3 Å². The second-order valence-corrected chi connectivity index (χ2v) is 6.89. The molecule has 0 fully saturated rings. The Hall–Kier alpha value is -2.62. The molecular weight excluding hydrogens is 314 g/mol. The predicted octanol–water partition coefficient (Wildman–Crippen LogP) is 4.31. The van der Waals surface area contributed by atoms with Gasteiger partial charge in [-0.3, -0.25) is 14.5 Å². The van der Waals surface area contributed by atoms with Crippen LogP contribution in [0.4, 0.5) is 0 Å². The maximum absolute atomic E-state index is 12.9. The summed E-state index contributed by atoms with van der Waals surface area (Å²) in [6.45, 7) is 8.03. The molecule has 2 aromatic rings. The summed E-state index contributed by atoms with van der Waals surface area (Å²) < 4.78 is 5.39. The highest BCUT2D eigenvalue weighted by molar-refractivity contribution is 6.21. The van der Waals surface area contributed by atoms with Gasteiger partial charge < -0.3 is 4.74 Å². The van der Waals surface area contributed by atoms with Crippen LogP contribution in [-0.4, -0.2) is 23.8 Å². The summed E-state index contributed by atoms with van der Waals surface area (Å²) >= 11 is 0. The highest BCUT2D eigenvalue weighted by Crippen LogP contribution is 2.38. The van der Waals surface area contributed by atoms with Crippen LogP contribution >= 0.6 is 0 Å². The average Bonchev–Trinajstić information content (AvgIpc) is 2.83. The Kier molecular flexibility index (Phi) is 4.38. The molecule has 1 unspecified atom stereocenters. The van der Waals surface area contributed by atoms with Crippen LogP contribution in [0.25, 0.3) is 0 Å². The minimum absolute atomic E-state index is 0.0914. The number of methoxy groups -OCH3 is 1. The van der Waals surface area contributed by atoms with Gasteiger partial charge in [-0.2, -0.15) is 0 Å². The van der Waals surface area contributed by atoms with E-state index >= 15 is 0 Å². The van der Waals surface area contributed by atoms with Crippen LogP contribution in [0, 0.1) is 19.8 Å². The van der Waals surface area contributed by atoms with Crippen LogP contribution in [-0.2, 0) is 0 Å². The van der Waals surface area contributed by atoms with Crippen molar-refractivity contribution in [3.8, 4) is 5.75 Å². The molecular formula is C21H23NO3. The molecule has 130 valence electrons. The van der Waals surface area contributed by atoms with Gasteiger partial charge in [0.1, 0.15) is 5.75 Å². The van der Waals surface area contributed by atoms with E-state index in [4.69, 9.17) is 4.74 Å². The van der Waals surface area contributed by atoms with Gasteiger partial charge in [0.2, 0.25) is 0 Å². The van der Waals surface area contributed by atoms with E-state index in [1.807, 2.05) is 39.8 Å². The van der Waals surface area contributed by atoms with Gasteiger partial charge in [-0.1, -0.05) is 32.0 Å². The fraction of sp³-hybridized carbons (Fsp3) is 0.333. The number of hydrogen-bond acceptors (Lipinski definition) is 3. The first kappa shape index (κ1) is 17.2. The fourth-order valence-corrected chi connectivity index (χ4v) is 3.61. The van der Waals surface area contributed by atoms with E-state index in [0.717, 1.165) is 22.4 Å². The second kappa shape index (κ2) is 6.36. The Morgan fingerprint density at radius 1 is 0.920 bits per heavy atom. The smallest absolute Gasteiger partial charge is 0.262 e. The molecule has 0 saturated heterocycles. The minimum Gasteiger partial charge on any atom is -0.496 e. The fourth-order valence-electron chi connectivity index (χ4n) is 3.61. The summed E-state index contributed by atoms with van der Waals surface area (Å²) in [6.07, 6.45) is 0. The number of nitrogens with zero attached hydrogens (tertiary/aromatic N) is 1. The lowest BCUT2D eigenvalue weighted by Crippen LogP contribution is -2.37. The van der Waals surface area contributed by atoms with E-state index in [9.17, 15) is 9.59 Å². The quantitative estimate of drug-likeness (QED) is 0.781. The van der Waals surface area contributed by atoms with Crippen molar-refractivity contribution in [1.82, 2.24) is 4.90 Å². The topological polar surface area (TPSA) is 46.6 Å². The van der Waals surface area contributed by atoms with Crippen molar-refractivity contribution >= 4 is 11.8 Å². The Labute approximate surface area is 148 Å². The zero-order valence-corrected chi connectivity index (χ0v) is 15.3. The number of carbonyl (C=O) groups excluding carboxylic acids is 2. The number of hydrogen-bond donors (Lipinski definition) is 0. The Balaban J connectivity index is 2.12. The third-order valence-corrected chi connectivity index (χ3v) is 4.84. The van der Waals surface area contributed by atoms with E-state index in [0.29, 0.717) is 11.1 Å². The van der Waals surface area contributed by atoms with E-state index < -0.39 is 0 Å². The molecule has 0 radical (unpaired) electrons. The summed E-state index contributed by atoms with van der Waals surface area (Å²) in [7, 11) is 1.64. The Bertz CT molecular complexity index is 819. The van der Waals surface area contributed by atoms with Crippen molar-refractivity contribution in [1.29, 1.82) is 0 Å². The van der Waals surface area contributed by atoms with Gasteiger partial charge >= 0.3 is 0 Å². The highest BCUT2D eigenvalue weighted by Gasteiger charge is 2.41. The summed E-state index contributed by atoms with van der Waals surface area (Å²) in [6, 6.07) is 10.7. The van der Waals surface area contributed by atoms with Gasteiger partial charge in [0.25, 0.3) is 11.8 Å². The largest absolute Gasteiger partial charge is 0.496 e. The molecule has 25 heavy (non-hydrogen) atoms. The number of rotatable bonds is 4. The van der Waals surface area contributed by atoms with Crippen molar-refractivity contribution in [3.05, 3.63) is 64.2 Å². The summed E-state index contributed by atoms with van der Waals surface area (Å²) in [5.41, 5.74) is 3.97. The first-order chi connectivity index (χ1) is 11.9. The van der Waals surface area contributed by atoms with Crippen LogP contribution in [0.15, 0.2) is 36.4 Å². The monoisotopic (exact) mass is 337 g/mol. The standard InChI is InChI=1S/C21H23NO3/c1-12(2)19(17-10-14(4)18(25-5)11-13(17)3)22-20(23)15-8-6-7-9-16(15)21(22)24/h6-12,19H,1-5H3. The molecule has 4 nitrogen and oxygen atoms in total. The molecule has 0 spiro atoms. The zero-order chi connectivity index (χ0) is 18.3. The average molecular weight is 337 g/mol. The van der Waals surface area contributed by atoms with Gasteiger partial charge in [-0.15, -0.1) is 0 Å². The molecule has 0 aromatic heterocycles. The molecule has 0 bridgehead atoms. The third-order valence-electron chi connectivity index (χ3n) is 4.84. The number of benzene rings is 2. The number of fused-ring (bicyclic) bond motifs is 1. The van der Waals surface area contributed by atoms with E-state index in [-0.39, 0.29) is 23.8 Å². The Morgan fingerprint density at radius 3 is 1.96 bits per heavy atom. The van der Waals surface area contributed by atoms with E-state index in [1.54, 1.807) is 31.4 Å². The summed E-state index contributed by atoms with van der Waals surface area (Å²) in [5.74, 6) is 0.471. The summed E-state index contributed by atoms with van der Waals surface area (Å²) in [4.78, 5) is 27.3. The molecule has 0 N–H and O–H groups in total. The van der Waals surface area contributed by atoms with Crippen molar-refractivity contribution in [2.45, 2.75) is 33.7 Å². The number of aryl methyl sites for hydroxylation is 2. The minimum atomic E-state index is -0.308.